The SMILES string of the molecule is O=c1cc(-c2ccc(OCc3ccccc3)c(OCc3ccccc3)c2)oc2ccc(C3=CCCC3)cc12. The molecule has 38 heavy (non-hydrogen) atoms. The van der Waals surface area contributed by atoms with Crippen molar-refractivity contribution in [2.45, 2.75) is 32.5 Å². The van der Waals surface area contributed by atoms with E-state index in [4.69, 9.17) is 13.9 Å². The summed E-state index contributed by atoms with van der Waals surface area (Å²) < 4.78 is 18.6. The van der Waals surface area contributed by atoms with E-state index in [1.807, 2.05) is 97.1 Å². The van der Waals surface area contributed by atoms with Gasteiger partial charge in [-0.05, 0) is 71.9 Å². The zero-order chi connectivity index (χ0) is 25.7. The van der Waals surface area contributed by atoms with Crippen LogP contribution in [0.4, 0.5) is 0 Å². The Balaban J connectivity index is 1.32. The summed E-state index contributed by atoms with van der Waals surface area (Å²) in [5.74, 6) is 1.72. The molecule has 0 radical (unpaired) electrons. The summed E-state index contributed by atoms with van der Waals surface area (Å²) in [5.41, 5.74) is 5.80. The summed E-state index contributed by atoms with van der Waals surface area (Å²) in [6.45, 7) is 0.817. The molecule has 0 saturated carbocycles. The average molecular weight is 501 g/mol. The standard InChI is InChI=1S/C34H28O4/c35-30-21-33(38-31-17-15-27(19-29(30)31)26-13-7-8-14-26)28-16-18-32(36-22-24-9-3-1-4-10-24)34(20-28)37-23-25-11-5-2-6-12-25/h1-6,9-13,15-21H,7-8,14,22-23H2. The molecule has 0 aliphatic heterocycles. The van der Waals surface area contributed by atoms with E-state index in [0.717, 1.165) is 35.1 Å². The Labute approximate surface area is 221 Å². The lowest BCUT2D eigenvalue weighted by molar-refractivity contribution is 0.256. The number of benzene rings is 4. The maximum Gasteiger partial charge on any atom is 0.193 e. The number of fused-ring (bicyclic) bond motifs is 1. The van der Waals surface area contributed by atoms with Crippen molar-refractivity contribution in [2.24, 2.45) is 0 Å². The number of ether oxygens (including phenoxy) is 2. The topological polar surface area (TPSA) is 48.7 Å². The number of rotatable bonds is 8. The summed E-state index contributed by atoms with van der Waals surface area (Å²) in [6.07, 6.45) is 5.58. The first-order valence-electron chi connectivity index (χ1n) is 13.0. The van der Waals surface area contributed by atoms with Crippen molar-refractivity contribution >= 4 is 16.5 Å². The quantitative estimate of drug-likeness (QED) is 0.216. The van der Waals surface area contributed by atoms with E-state index in [1.54, 1.807) is 6.07 Å². The molecule has 4 nitrogen and oxygen atoms in total. The van der Waals surface area contributed by atoms with Gasteiger partial charge in [0.2, 0.25) is 0 Å². The molecular formula is C34H28O4. The third-order valence-electron chi connectivity index (χ3n) is 6.84. The molecule has 5 aromatic rings. The molecule has 0 unspecified atom stereocenters. The minimum absolute atomic E-state index is 0.0575. The van der Waals surface area contributed by atoms with E-state index >= 15 is 0 Å². The van der Waals surface area contributed by atoms with Crippen LogP contribution in [-0.2, 0) is 13.2 Å². The van der Waals surface area contributed by atoms with Crippen LogP contribution in [0.3, 0.4) is 0 Å². The second kappa shape index (κ2) is 10.8. The van der Waals surface area contributed by atoms with E-state index in [2.05, 4.69) is 6.08 Å². The summed E-state index contributed by atoms with van der Waals surface area (Å²) >= 11 is 0. The number of hydrogen-bond donors (Lipinski definition) is 0. The summed E-state index contributed by atoms with van der Waals surface area (Å²) in [7, 11) is 0. The van der Waals surface area contributed by atoms with E-state index in [0.29, 0.717) is 41.4 Å². The lowest BCUT2D eigenvalue weighted by atomic mass is 10.0. The van der Waals surface area contributed by atoms with Crippen molar-refractivity contribution in [3.8, 4) is 22.8 Å². The molecule has 6 rings (SSSR count). The monoisotopic (exact) mass is 500 g/mol. The molecule has 188 valence electrons. The maximum absolute atomic E-state index is 13.1. The lowest BCUT2D eigenvalue weighted by Gasteiger charge is -2.15. The van der Waals surface area contributed by atoms with Gasteiger partial charge < -0.3 is 13.9 Å². The Hall–Kier alpha value is -4.57. The van der Waals surface area contributed by atoms with Crippen LogP contribution < -0.4 is 14.9 Å². The third kappa shape index (κ3) is 5.25. The summed E-state index contributed by atoms with van der Waals surface area (Å²) in [5, 5.41) is 0.599. The highest BCUT2D eigenvalue weighted by Gasteiger charge is 2.14. The molecule has 0 atom stereocenters. The molecular weight excluding hydrogens is 472 g/mol. The Morgan fingerprint density at radius 3 is 2.05 bits per heavy atom. The fraction of sp³-hybridized carbons (Fsp3) is 0.147. The highest BCUT2D eigenvalue weighted by Crippen LogP contribution is 2.35. The Kier molecular flexibility index (Phi) is 6.77. The van der Waals surface area contributed by atoms with Gasteiger partial charge in [-0.1, -0.05) is 72.8 Å². The van der Waals surface area contributed by atoms with Gasteiger partial charge in [0.05, 0.1) is 5.39 Å². The van der Waals surface area contributed by atoms with Gasteiger partial charge in [-0.3, -0.25) is 4.79 Å². The largest absolute Gasteiger partial charge is 0.485 e. The van der Waals surface area contributed by atoms with Crippen molar-refractivity contribution < 1.29 is 13.9 Å². The van der Waals surface area contributed by atoms with Gasteiger partial charge in [0.1, 0.15) is 24.6 Å². The highest BCUT2D eigenvalue weighted by molar-refractivity contribution is 5.83. The molecule has 0 fully saturated rings. The van der Waals surface area contributed by atoms with E-state index in [-0.39, 0.29) is 5.43 Å². The Morgan fingerprint density at radius 1 is 0.684 bits per heavy atom. The molecule has 1 aliphatic carbocycles. The van der Waals surface area contributed by atoms with Crippen LogP contribution in [0.25, 0.3) is 27.9 Å². The van der Waals surface area contributed by atoms with Gasteiger partial charge in [-0.15, -0.1) is 0 Å². The minimum Gasteiger partial charge on any atom is -0.485 e. The first-order chi connectivity index (χ1) is 18.7. The van der Waals surface area contributed by atoms with E-state index in [1.165, 1.54) is 12.0 Å². The number of allylic oxidation sites excluding steroid dienone is 2. The van der Waals surface area contributed by atoms with Gasteiger partial charge in [0.15, 0.2) is 16.9 Å². The van der Waals surface area contributed by atoms with E-state index in [9.17, 15) is 4.79 Å². The second-order valence-corrected chi connectivity index (χ2v) is 9.52. The third-order valence-corrected chi connectivity index (χ3v) is 6.84. The van der Waals surface area contributed by atoms with Crippen LogP contribution in [0.2, 0.25) is 0 Å². The Bertz CT molecular complexity index is 1650. The van der Waals surface area contributed by atoms with Crippen molar-refractivity contribution in [2.75, 3.05) is 0 Å². The lowest BCUT2D eigenvalue weighted by Crippen LogP contribution is -2.02. The van der Waals surface area contributed by atoms with Crippen LogP contribution in [-0.4, -0.2) is 0 Å². The predicted molar refractivity (Wildman–Crippen MR) is 151 cm³/mol. The normalized spacial score (nSPS) is 12.9. The van der Waals surface area contributed by atoms with Crippen molar-refractivity contribution in [1.82, 2.24) is 0 Å². The van der Waals surface area contributed by atoms with Gasteiger partial charge in [0.25, 0.3) is 0 Å². The molecule has 0 saturated heterocycles. The number of hydrogen-bond acceptors (Lipinski definition) is 4. The van der Waals surface area contributed by atoms with Gasteiger partial charge in [0, 0.05) is 11.6 Å². The molecule has 4 heteroatoms. The predicted octanol–water partition coefficient (Wildman–Crippen LogP) is 8.19. The minimum atomic E-state index is -0.0575. The zero-order valence-corrected chi connectivity index (χ0v) is 21.1. The van der Waals surface area contributed by atoms with Crippen LogP contribution in [0.15, 0.2) is 118 Å². The zero-order valence-electron chi connectivity index (χ0n) is 21.1. The van der Waals surface area contributed by atoms with E-state index < -0.39 is 0 Å². The van der Waals surface area contributed by atoms with Crippen LogP contribution in [0, 0.1) is 0 Å². The fourth-order valence-electron chi connectivity index (χ4n) is 4.80. The van der Waals surface area contributed by atoms with Crippen LogP contribution >= 0.6 is 0 Å². The van der Waals surface area contributed by atoms with Crippen LogP contribution in [0.1, 0.15) is 36.0 Å². The molecule has 1 heterocycles. The molecule has 0 amide bonds. The molecule has 1 aliphatic rings. The average Bonchev–Trinajstić information content (AvgIpc) is 3.51. The smallest absolute Gasteiger partial charge is 0.193 e. The molecule has 4 aromatic carbocycles. The first-order valence-corrected chi connectivity index (χ1v) is 13.0. The maximum atomic E-state index is 13.1. The van der Waals surface area contributed by atoms with Crippen molar-refractivity contribution in [3.05, 3.63) is 136 Å². The van der Waals surface area contributed by atoms with Crippen molar-refractivity contribution in [1.29, 1.82) is 0 Å². The van der Waals surface area contributed by atoms with Gasteiger partial charge >= 0.3 is 0 Å². The first kappa shape index (κ1) is 23.8. The second-order valence-electron chi connectivity index (χ2n) is 9.52. The Morgan fingerprint density at radius 2 is 1.37 bits per heavy atom. The molecule has 0 N–H and O–H groups in total. The van der Waals surface area contributed by atoms with Gasteiger partial charge in [-0.25, -0.2) is 0 Å². The van der Waals surface area contributed by atoms with Gasteiger partial charge in [-0.2, -0.15) is 0 Å². The molecule has 0 spiro atoms. The fourth-order valence-corrected chi connectivity index (χ4v) is 4.80. The van der Waals surface area contributed by atoms with Crippen molar-refractivity contribution in [3.63, 3.8) is 0 Å². The summed E-state index contributed by atoms with van der Waals surface area (Å²) in [4.78, 5) is 13.1. The highest BCUT2D eigenvalue weighted by atomic mass is 16.5. The van der Waals surface area contributed by atoms with Crippen LogP contribution in [0.5, 0.6) is 11.5 Å². The molecule has 1 aromatic heterocycles. The molecule has 0 bridgehead atoms. The summed E-state index contributed by atoms with van der Waals surface area (Å²) in [6, 6.07) is 33.1.